The van der Waals surface area contributed by atoms with Crippen molar-refractivity contribution in [1.29, 1.82) is 0 Å². The van der Waals surface area contributed by atoms with Crippen LogP contribution in [0.3, 0.4) is 0 Å². The molecule has 0 unspecified atom stereocenters. The van der Waals surface area contributed by atoms with E-state index in [1.165, 1.54) is 6.08 Å². The topological polar surface area (TPSA) is 75.4 Å². The number of nitrogens with zero attached hydrogens (tertiary/aromatic N) is 2. The first-order chi connectivity index (χ1) is 12.5. The zero-order chi connectivity index (χ0) is 18.7. The molecule has 0 radical (unpaired) electrons. The predicted octanol–water partition coefficient (Wildman–Crippen LogP) is 3.33. The molecule has 26 heavy (non-hydrogen) atoms. The Hall–Kier alpha value is -2.89. The number of nitrogens with one attached hydrogen (secondary N) is 1. The van der Waals surface area contributed by atoms with Gasteiger partial charge < -0.3 is 14.6 Å². The number of rotatable bonds is 7. The van der Waals surface area contributed by atoms with Crippen LogP contribution < -0.4 is 10.2 Å². The van der Waals surface area contributed by atoms with Crippen molar-refractivity contribution in [2.75, 3.05) is 11.4 Å². The maximum atomic E-state index is 12.4. The van der Waals surface area contributed by atoms with Crippen molar-refractivity contribution < 1.29 is 14.0 Å². The predicted molar refractivity (Wildman–Crippen MR) is 99.1 cm³/mol. The summed E-state index contributed by atoms with van der Waals surface area (Å²) in [6.45, 7) is 8.17. The molecule has 1 aromatic carbocycles. The monoisotopic (exact) mass is 353 g/mol. The van der Waals surface area contributed by atoms with Crippen LogP contribution in [-0.2, 0) is 11.3 Å². The van der Waals surface area contributed by atoms with Gasteiger partial charge in [-0.15, -0.1) is 0 Å². The summed E-state index contributed by atoms with van der Waals surface area (Å²) in [4.78, 5) is 30.3. The number of anilines is 1. The number of aryl methyl sites for hydroxylation is 1. The molecule has 0 saturated heterocycles. The van der Waals surface area contributed by atoms with Crippen LogP contribution in [0.15, 0.2) is 41.5 Å². The number of carbonyl (C=O) groups excluding carboxylic acids is 2. The zero-order valence-corrected chi connectivity index (χ0v) is 15.1. The van der Waals surface area contributed by atoms with E-state index < -0.39 is 0 Å². The van der Waals surface area contributed by atoms with Crippen LogP contribution in [0.5, 0.6) is 0 Å². The van der Waals surface area contributed by atoms with Gasteiger partial charge in [-0.3, -0.25) is 9.59 Å². The summed E-state index contributed by atoms with van der Waals surface area (Å²) >= 11 is 0. The molecule has 6 nitrogen and oxygen atoms in total. The van der Waals surface area contributed by atoms with Crippen molar-refractivity contribution in [1.82, 2.24) is 10.3 Å². The maximum Gasteiger partial charge on any atom is 0.251 e. The first kappa shape index (κ1) is 17.9. The molecule has 0 aliphatic heterocycles. The summed E-state index contributed by atoms with van der Waals surface area (Å²) in [7, 11) is 0. The summed E-state index contributed by atoms with van der Waals surface area (Å²) in [6, 6.07) is 5.27. The SMILES string of the molecule is C=CC(=O)N(Cc1cnc(C2CC2)o1)c1ccc(C(=O)NCC)cc1C. The molecular formula is C20H23N3O3. The van der Waals surface area contributed by atoms with Gasteiger partial charge in [0, 0.05) is 23.7 Å². The van der Waals surface area contributed by atoms with Gasteiger partial charge in [-0.2, -0.15) is 0 Å². The quantitative estimate of drug-likeness (QED) is 0.775. The molecule has 1 N–H and O–H groups in total. The van der Waals surface area contributed by atoms with Crippen LogP contribution in [0, 0.1) is 6.92 Å². The Morgan fingerprint density at radius 3 is 2.81 bits per heavy atom. The van der Waals surface area contributed by atoms with E-state index in [-0.39, 0.29) is 18.4 Å². The molecule has 0 atom stereocenters. The number of oxazole rings is 1. The third-order valence-electron chi connectivity index (χ3n) is 4.34. The number of hydrogen-bond donors (Lipinski definition) is 1. The van der Waals surface area contributed by atoms with Gasteiger partial charge in [-0.1, -0.05) is 6.58 Å². The molecule has 2 amide bonds. The van der Waals surface area contributed by atoms with Gasteiger partial charge in [0.15, 0.2) is 5.89 Å². The summed E-state index contributed by atoms with van der Waals surface area (Å²) in [6.07, 6.45) is 5.16. The van der Waals surface area contributed by atoms with Crippen molar-refractivity contribution in [3.05, 3.63) is 59.8 Å². The van der Waals surface area contributed by atoms with Crippen molar-refractivity contribution in [3.8, 4) is 0 Å². The Labute approximate surface area is 152 Å². The first-order valence-corrected chi connectivity index (χ1v) is 8.80. The lowest BCUT2D eigenvalue weighted by molar-refractivity contribution is -0.114. The van der Waals surface area contributed by atoms with Crippen LogP contribution >= 0.6 is 0 Å². The largest absolute Gasteiger partial charge is 0.444 e. The molecule has 1 aromatic heterocycles. The second-order valence-electron chi connectivity index (χ2n) is 6.43. The number of benzene rings is 1. The summed E-state index contributed by atoms with van der Waals surface area (Å²) in [5.41, 5.74) is 2.10. The van der Waals surface area contributed by atoms with E-state index in [0.29, 0.717) is 29.5 Å². The van der Waals surface area contributed by atoms with Gasteiger partial charge in [0.1, 0.15) is 5.76 Å². The first-order valence-electron chi connectivity index (χ1n) is 8.80. The maximum absolute atomic E-state index is 12.4. The van der Waals surface area contributed by atoms with Gasteiger partial charge in [-0.05, 0) is 56.5 Å². The van der Waals surface area contributed by atoms with Crippen LogP contribution in [0.2, 0.25) is 0 Å². The lowest BCUT2D eigenvalue weighted by Gasteiger charge is -2.22. The van der Waals surface area contributed by atoms with E-state index in [9.17, 15) is 9.59 Å². The number of aromatic nitrogens is 1. The highest BCUT2D eigenvalue weighted by atomic mass is 16.4. The molecule has 136 valence electrons. The van der Waals surface area contributed by atoms with Crippen molar-refractivity contribution in [2.24, 2.45) is 0 Å². The fraction of sp³-hybridized carbons (Fsp3) is 0.350. The molecule has 2 aromatic rings. The average Bonchev–Trinajstić information content (AvgIpc) is 3.38. The van der Waals surface area contributed by atoms with E-state index in [4.69, 9.17) is 4.42 Å². The number of carbonyl (C=O) groups is 2. The molecule has 0 spiro atoms. The molecule has 1 heterocycles. The second-order valence-corrected chi connectivity index (χ2v) is 6.43. The van der Waals surface area contributed by atoms with Gasteiger partial charge >= 0.3 is 0 Å². The molecule has 0 bridgehead atoms. The Morgan fingerprint density at radius 2 is 2.19 bits per heavy atom. The van der Waals surface area contributed by atoms with E-state index >= 15 is 0 Å². The Kier molecular flexibility index (Phi) is 5.21. The minimum absolute atomic E-state index is 0.131. The van der Waals surface area contributed by atoms with Crippen LogP contribution in [0.25, 0.3) is 0 Å². The normalized spacial score (nSPS) is 13.3. The van der Waals surface area contributed by atoms with Crippen LogP contribution in [0.4, 0.5) is 5.69 Å². The molecule has 1 saturated carbocycles. The smallest absolute Gasteiger partial charge is 0.251 e. The molecule has 6 heteroatoms. The van der Waals surface area contributed by atoms with Gasteiger partial charge in [0.05, 0.1) is 12.7 Å². The molecular weight excluding hydrogens is 330 g/mol. The fourth-order valence-electron chi connectivity index (χ4n) is 2.82. The van der Waals surface area contributed by atoms with Crippen molar-refractivity contribution in [2.45, 2.75) is 39.2 Å². The van der Waals surface area contributed by atoms with Crippen LogP contribution in [-0.4, -0.2) is 23.3 Å². The van der Waals surface area contributed by atoms with E-state index in [0.717, 1.165) is 24.3 Å². The van der Waals surface area contributed by atoms with Crippen molar-refractivity contribution >= 4 is 17.5 Å². The van der Waals surface area contributed by atoms with E-state index in [2.05, 4.69) is 16.9 Å². The van der Waals surface area contributed by atoms with Gasteiger partial charge in [0.2, 0.25) is 0 Å². The molecule has 1 aliphatic rings. The van der Waals surface area contributed by atoms with E-state index in [1.54, 1.807) is 29.3 Å². The highest BCUT2D eigenvalue weighted by Gasteiger charge is 2.29. The Balaban J connectivity index is 1.85. The molecule has 3 rings (SSSR count). The highest BCUT2D eigenvalue weighted by Crippen LogP contribution is 2.39. The third kappa shape index (κ3) is 3.85. The van der Waals surface area contributed by atoms with Crippen LogP contribution in [0.1, 0.15) is 53.3 Å². The Bertz CT molecular complexity index is 837. The minimum atomic E-state index is -0.233. The summed E-state index contributed by atoms with van der Waals surface area (Å²) in [5.74, 6) is 1.44. The molecule has 1 fully saturated rings. The standard InChI is InChI=1S/C20H23N3O3/c1-4-18(24)23(12-16-11-22-20(26-16)14-6-7-14)17-9-8-15(10-13(17)3)19(25)21-5-2/h4,8-11,14H,1,5-7,12H2,2-3H3,(H,21,25). The van der Waals surface area contributed by atoms with E-state index in [1.807, 2.05) is 13.8 Å². The van der Waals surface area contributed by atoms with Gasteiger partial charge in [-0.25, -0.2) is 4.98 Å². The lowest BCUT2D eigenvalue weighted by Crippen LogP contribution is -2.29. The summed E-state index contributed by atoms with van der Waals surface area (Å²) in [5, 5.41) is 2.77. The molecule has 1 aliphatic carbocycles. The number of hydrogen-bond acceptors (Lipinski definition) is 4. The fourth-order valence-corrected chi connectivity index (χ4v) is 2.82. The average molecular weight is 353 g/mol. The lowest BCUT2D eigenvalue weighted by atomic mass is 10.1. The third-order valence-corrected chi connectivity index (χ3v) is 4.34. The summed E-state index contributed by atoms with van der Waals surface area (Å²) < 4.78 is 5.78. The van der Waals surface area contributed by atoms with Gasteiger partial charge in [0.25, 0.3) is 11.8 Å². The second kappa shape index (κ2) is 7.56. The number of amides is 2. The minimum Gasteiger partial charge on any atom is -0.444 e. The van der Waals surface area contributed by atoms with Crippen molar-refractivity contribution in [3.63, 3.8) is 0 Å². The zero-order valence-electron chi connectivity index (χ0n) is 15.1. The Morgan fingerprint density at radius 1 is 1.42 bits per heavy atom. The highest BCUT2D eigenvalue weighted by molar-refractivity contribution is 6.02.